The molecule has 8 aromatic rings. The minimum Gasteiger partial charge on any atom is -0.432 e. The monoisotopic (exact) mass is 981 g/mol. The highest BCUT2D eigenvalue weighted by Crippen LogP contribution is 2.32. The predicted molar refractivity (Wildman–Crippen MR) is 226 cm³/mol. The zero-order chi connectivity index (χ0) is 46.4. The van der Waals surface area contributed by atoms with Gasteiger partial charge in [-0.3, -0.25) is 14.5 Å². The Labute approximate surface area is 377 Å². The molecule has 0 saturated carbocycles. The number of carbonyl (C=O) groups is 2. The van der Waals surface area contributed by atoms with E-state index in [1.807, 2.05) is 37.3 Å². The van der Waals surface area contributed by atoms with Crippen LogP contribution < -0.4 is 14.5 Å². The number of ether oxygens (including phenoxy) is 1. The van der Waals surface area contributed by atoms with Crippen molar-refractivity contribution < 1.29 is 60.3 Å². The summed E-state index contributed by atoms with van der Waals surface area (Å²) in [6.07, 6.45) is -8.05. The molecular formula is C37H29F6N11O7S4. The fourth-order valence-corrected chi connectivity index (χ4v) is 8.16. The Bertz CT molecular complexity index is 2820. The molecule has 0 aliphatic carbocycles. The average Bonchev–Trinajstić information content (AvgIpc) is 4.00. The maximum absolute atomic E-state index is 12.8. The van der Waals surface area contributed by atoms with Crippen LogP contribution in [0.1, 0.15) is 16.7 Å². The van der Waals surface area contributed by atoms with Crippen LogP contribution in [-0.4, -0.2) is 97.6 Å². The SMILES string of the molecule is Cc1ccc2nnn(OC(=O)On3nnc4ccc(C(F)(F)F)cc43)c2c1.O=C(OCCSSc1ccccn1)On1nnc2ccc(C(F)(F)F)cc21.OCCSSc1ccccn1. The molecule has 5 aromatic heterocycles. The Morgan fingerprint density at radius 3 is 1.49 bits per heavy atom. The Hall–Kier alpha value is -6.36. The molecule has 0 atom stereocenters. The van der Waals surface area contributed by atoms with E-state index in [9.17, 15) is 35.9 Å². The van der Waals surface area contributed by atoms with E-state index in [4.69, 9.17) is 24.4 Å². The summed E-state index contributed by atoms with van der Waals surface area (Å²) >= 11 is 0. The number of fused-ring (bicyclic) bond motifs is 3. The van der Waals surface area contributed by atoms with E-state index in [1.165, 1.54) is 21.6 Å². The normalized spacial score (nSPS) is 11.4. The molecule has 0 saturated heterocycles. The van der Waals surface area contributed by atoms with Crippen molar-refractivity contribution in [3.05, 3.63) is 120 Å². The van der Waals surface area contributed by atoms with Crippen LogP contribution in [0.15, 0.2) is 113 Å². The number of aliphatic hydroxyl groups excluding tert-OH is 1. The minimum atomic E-state index is -4.57. The first kappa shape index (κ1) is 48.1. The van der Waals surface area contributed by atoms with E-state index in [0.29, 0.717) is 26.5 Å². The van der Waals surface area contributed by atoms with Crippen LogP contribution in [0.3, 0.4) is 0 Å². The second-order valence-corrected chi connectivity index (χ2v) is 17.1. The number of carbonyl (C=O) groups excluding carboxylic acids is 2. The van der Waals surface area contributed by atoms with Crippen molar-refractivity contribution in [3.8, 4) is 0 Å². The Kier molecular flexibility index (Phi) is 16.7. The summed E-state index contributed by atoms with van der Waals surface area (Å²) in [6.45, 7) is 2.10. The molecule has 0 amide bonds. The molecule has 18 nitrogen and oxygen atoms in total. The number of hydrogen-bond donors (Lipinski definition) is 1. The Morgan fingerprint density at radius 1 is 0.600 bits per heavy atom. The van der Waals surface area contributed by atoms with Gasteiger partial charge in [0, 0.05) is 23.9 Å². The average molecular weight is 982 g/mol. The molecule has 28 heteroatoms. The first-order valence-electron chi connectivity index (χ1n) is 18.1. The third-order valence-electron chi connectivity index (χ3n) is 7.66. The first-order valence-corrected chi connectivity index (χ1v) is 22.8. The van der Waals surface area contributed by atoms with E-state index in [0.717, 1.165) is 62.6 Å². The van der Waals surface area contributed by atoms with E-state index in [2.05, 4.69) is 40.9 Å². The number of nitrogens with zero attached hydrogens (tertiary/aromatic N) is 11. The summed E-state index contributed by atoms with van der Waals surface area (Å²) in [7, 11) is 6.05. The second-order valence-electron chi connectivity index (χ2n) is 12.3. The highest BCUT2D eigenvalue weighted by atomic mass is 33.1. The van der Waals surface area contributed by atoms with E-state index in [-0.39, 0.29) is 35.3 Å². The number of hydrogen-bond acceptors (Lipinski definition) is 19. The van der Waals surface area contributed by atoms with Crippen LogP contribution in [-0.2, 0) is 17.1 Å². The highest BCUT2D eigenvalue weighted by Gasteiger charge is 2.32. The van der Waals surface area contributed by atoms with Gasteiger partial charge in [0.1, 0.15) is 49.8 Å². The van der Waals surface area contributed by atoms with Gasteiger partial charge in [-0.05, 0) is 123 Å². The summed E-state index contributed by atoms with van der Waals surface area (Å²) < 4.78 is 81.8. The number of halogens is 6. The van der Waals surface area contributed by atoms with Crippen LogP contribution in [0.5, 0.6) is 0 Å². The van der Waals surface area contributed by atoms with Gasteiger partial charge in [-0.1, -0.05) is 54.3 Å². The van der Waals surface area contributed by atoms with Crippen molar-refractivity contribution >= 4 is 88.6 Å². The molecule has 0 radical (unpaired) electrons. The van der Waals surface area contributed by atoms with Gasteiger partial charge in [0.25, 0.3) is 0 Å². The molecule has 0 aliphatic heterocycles. The zero-order valence-corrected chi connectivity index (χ0v) is 36.1. The van der Waals surface area contributed by atoms with Crippen molar-refractivity contribution in [2.45, 2.75) is 29.3 Å². The second kappa shape index (κ2) is 22.5. The maximum atomic E-state index is 12.8. The largest absolute Gasteiger partial charge is 0.562 e. The fraction of sp³-hybridized carbons (Fsp3) is 0.189. The molecular weight excluding hydrogens is 953 g/mol. The molecule has 340 valence electrons. The molecule has 8 rings (SSSR count). The number of benzene rings is 3. The third kappa shape index (κ3) is 14.1. The van der Waals surface area contributed by atoms with Crippen molar-refractivity contribution in [1.29, 1.82) is 0 Å². The topological polar surface area (TPSA) is 209 Å². The van der Waals surface area contributed by atoms with Crippen molar-refractivity contribution in [2.75, 3.05) is 24.7 Å². The van der Waals surface area contributed by atoms with Gasteiger partial charge in [-0.25, -0.2) is 14.8 Å². The summed E-state index contributed by atoms with van der Waals surface area (Å²) in [5.41, 5.74) is -0.0560. The van der Waals surface area contributed by atoms with Crippen LogP contribution in [0.2, 0.25) is 0 Å². The molecule has 0 aliphatic rings. The quantitative estimate of drug-likeness (QED) is 0.0406. The fourth-order valence-electron chi connectivity index (χ4n) is 4.81. The predicted octanol–water partition coefficient (Wildman–Crippen LogP) is 7.85. The lowest BCUT2D eigenvalue weighted by atomic mass is 10.2. The molecule has 65 heavy (non-hydrogen) atoms. The summed E-state index contributed by atoms with van der Waals surface area (Å²) in [5.74, 6) is 1.22. The number of rotatable bonds is 12. The van der Waals surface area contributed by atoms with Gasteiger partial charge in [0.05, 0.1) is 17.7 Å². The van der Waals surface area contributed by atoms with Gasteiger partial charge < -0.3 is 9.84 Å². The molecule has 0 unspecified atom stereocenters. The van der Waals surface area contributed by atoms with Gasteiger partial charge in [0.15, 0.2) is 0 Å². The molecule has 3 aromatic carbocycles. The smallest absolute Gasteiger partial charge is 0.432 e. The van der Waals surface area contributed by atoms with Crippen LogP contribution in [0.4, 0.5) is 35.9 Å². The van der Waals surface area contributed by atoms with E-state index < -0.39 is 35.8 Å². The Balaban J connectivity index is 0.000000176. The first-order chi connectivity index (χ1) is 31.2. The molecule has 0 fully saturated rings. The van der Waals surface area contributed by atoms with Gasteiger partial charge in [-0.2, -0.15) is 31.1 Å². The molecule has 5 heterocycles. The summed E-state index contributed by atoms with van der Waals surface area (Å²) in [4.78, 5) is 48.4. The van der Waals surface area contributed by atoms with Crippen molar-refractivity contribution in [1.82, 2.24) is 55.4 Å². The van der Waals surface area contributed by atoms with Crippen molar-refractivity contribution in [3.63, 3.8) is 0 Å². The molecule has 0 bridgehead atoms. The van der Waals surface area contributed by atoms with Crippen LogP contribution >= 0.6 is 43.2 Å². The number of pyridine rings is 2. The maximum Gasteiger partial charge on any atom is 0.562 e. The van der Waals surface area contributed by atoms with Crippen molar-refractivity contribution in [2.24, 2.45) is 0 Å². The lowest BCUT2D eigenvalue weighted by Crippen LogP contribution is -2.30. The standard InChI is InChI=1S/C15H9F3N6O3.C15H11F3N4O3S2.C7H9NOS2/c1-8-2-4-10-12(6-8)23(21-19-10)26-14(25)27-24-13-7-9(15(16,17)18)3-5-11(13)20-22-24;16-15(17,18)10-4-5-11-12(9-10)22(21-20-11)25-14(23)24-7-8-26-27-13-3-1-2-6-19-13;9-5-6-10-11-7-3-1-2-4-8-7/h2-7H,1H3;1-6,9H,7-8H2;1-4,9H,5-6H2. The van der Waals surface area contributed by atoms with Gasteiger partial charge >= 0.3 is 24.7 Å². The number of aromatic nitrogens is 11. The summed E-state index contributed by atoms with van der Waals surface area (Å²) in [5, 5.41) is 32.0. The number of alkyl halides is 6. The van der Waals surface area contributed by atoms with Gasteiger partial charge in [-0.15, -0.1) is 15.3 Å². The Morgan fingerprint density at radius 2 is 1.05 bits per heavy atom. The van der Waals surface area contributed by atoms with E-state index >= 15 is 0 Å². The zero-order valence-electron chi connectivity index (χ0n) is 32.9. The number of aliphatic hydroxyl groups is 1. The molecule has 0 spiro atoms. The molecule has 1 N–H and O–H groups in total. The third-order valence-corrected chi connectivity index (χ3v) is 12.1. The van der Waals surface area contributed by atoms with Crippen LogP contribution in [0.25, 0.3) is 33.1 Å². The number of aryl methyl sites for hydroxylation is 1. The van der Waals surface area contributed by atoms with E-state index in [1.54, 1.807) is 58.2 Å². The lowest BCUT2D eigenvalue weighted by Gasteiger charge is -2.07. The highest BCUT2D eigenvalue weighted by molar-refractivity contribution is 8.77. The lowest BCUT2D eigenvalue weighted by molar-refractivity contribution is -0.138. The summed E-state index contributed by atoms with van der Waals surface area (Å²) in [6, 6.07) is 22.0. The van der Waals surface area contributed by atoms with Crippen LogP contribution in [0, 0.1) is 6.92 Å². The van der Waals surface area contributed by atoms with Gasteiger partial charge in [0.2, 0.25) is 0 Å². The minimum absolute atomic E-state index is 0.0454.